The highest BCUT2D eigenvalue weighted by Gasteiger charge is 2.26. The fourth-order valence-electron chi connectivity index (χ4n) is 1.73. The number of pyridine rings is 1. The van der Waals surface area contributed by atoms with E-state index in [4.69, 9.17) is 5.11 Å². The Morgan fingerprint density at radius 3 is 2.65 bits per heavy atom. The second-order valence-corrected chi connectivity index (χ2v) is 4.83. The Bertz CT molecular complexity index is 450. The van der Waals surface area contributed by atoms with E-state index < -0.39 is 18.0 Å². The maximum Gasteiger partial charge on any atom is 0.326 e. The highest BCUT2D eigenvalue weighted by Crippen LogP contribution is 2.09. The van der Waals surface area contributed by atoms with E-state index in [0.29, 0.717) is 13.0 Å². The topological polar surface area (TPSA) is 82.5 Å². The van der Waals surface area contributed by atoms with Crippen molar-refractivity contribution in [1.82, 2.24) is 15.2 Å². The average molecular weight is 279 g/mol. The lowest BCUT2D eigenvalue weighted by atomic mass is 9.99. The minimum atomic E-state index is -1.01. The lowest BCUT2D eigenvalue weighted by Gasteiger charge is -2.24. The predicted molar refractivity (Wildman–Crippen MR) is 75.1 cm³/mol. The number of urea groups is 1. The molecule has 1 unspecified atom stereocenters. The van der Waals surface area contributed by atoms with Crippen LogP contribution in [-0.2, 0) is 11.3 Å². The highest BCUT2D eigenvalue weighted by atomic mass is 16.4. The summed E-state index contributed by atoms with van der Waals surface area (Å²) in [5.41, 5.74) is 0.751. The quantitative estimate of drug-likeness (QED) is 0.830. The summed E-state index contributed by atoms with van der Waals surface area (Å²) in [6.07, 6.45) is 2.33. The third-order valence-electron chi connectivity index (χ3n) is 3.23. The molecule has 6 heteroatoms. The minimum absolute atomic E-state index is 0.125. The van der Waals surface area contributed by atoms with Crippen LogP contribution in [0.1, 0.15) is 26.0 Å². The van der Waals surface area contributed by atoms with Crippen molar-refractivity contribution in [3.05, 3.63) is 30.1 Å². The number of hydrogen-bond acceptors (Lipinski definition) is 3. The van der Waals surface area contributed by atoms with Crippen LogP contribution in [0.4, 0.5) is 4.79 Å². The molecular weight excluding hydrogens is 258 g/mol. The van der Waals surface area contributed by atoms with Gasteiger partial charge in [-0.3, -0.25) is 4.98 Å². The molecule has 20 heavy (non-hydrogen) atoms. The van der Waals surface area contributed by atoms with Crippen LogP contribution in [0.25, 0.3) is 0 Å². The molecule has 0 spiro atoms. The highest BCUT2D eigenvalue weighted by molar-refractivity contribution is 5.82. The van der Waals surface area contributed by atoms with Crippen LogP contribution in [0.2, 0.25) is 0 Å². The Kier molecular flexibility index (Phi) is 5.96. The van der Waals surface area contributed by atoms with Crippen LogP contribution in [0.3, 0.4) is 0 Å². The SMILES string of the molecule is CCC(C)[C@H](NC(=O)N(C)Cc1ccccn1)C(=O)O. The van der Waals surface area contributed by atoms with Crippen molar-refractivity contribution < 1.29 is 14.7 Å². The van der Waals surface area contributed by atoms with Crippen LogP contribution in [0.15, 0.2) is 24.4 Å². The Morgan fingerprint density at radius 1 is 1.45 bits per heavy atom. The molecule has 1 rings (SSSR count). The zero-order valence-corrected chi connectivity index (χ0v) is 12.0. The lowest BCUT2D eigenvalue weighted by Crippen LogP contribution is -2.49. The number of nitrogens with one attached hydrogen (secondary N) is 1. The molecule has 1 aromatic heterocycles. The Labute approximate surface area is 118 Å². The predicted octanol–water partition coefficient (Wildman–Crippen LogP) is 1.72. The summed E-state index contributed by atoms with van der Waals surface area (Å²) in [5, 5.41) is 11.7. The van der Waals surface area contributed by atoms with Gasteiger partial charge in [0.2, 0.25) is 0 Å². The van der Waals surface area contributed by atoms with Crippen LogP contribution in [-0.4, -0.2) is 40.1 Å². The van der Waals surface area contributed by atoms with Gasteiger partial charge in [0.1, 0.15) is 6.04 Å². The second kappa shape index (κ2) is 7.47. The molecule has 0 aliphatic heterocycles. The van der Waals surface area contributed by atoms with Gasteiger partial charge in [-0.05, 0) is 18.1 Å². The molecule has 0 saturated heterocycles. The van der Waals surface area contributed by atoms with E-state index in [-0.39, 0.29) is 5.92 Å². The van der Waals surface area contributed by atoms with Crippen molar-refractivity contribution in [1.29, 1.82) is 0 Å². The number of carboxylic acids is 1. The van der Waals surface area contributed by atoms with Gasteiger partial charge in [0.15, 0.2) is 0 Å². The van der Waals surface area contributed by atoms with Crippen molar-refractivity contribution >= 4 is 12.0 Å². The van der Waals surface area contributed by atoms with Crippen LogP contribution < -0.4 is 5.32 Å². The monoisotopic (exact) mass is 279 g/mol. The number of carbonyl (C=O) groups excluding carboxylic acids is 1. The zero-order valence-electron chi connectivity index (χ0n) is 12.0. The Hall–Kier alpha value is -2.11. The van der Waals surface area contributed by atoms with Gasteiger partial charge in [0, 0.05) is 13.2 Å². The molecule has 0 aromatic carbocycles. The number of carboxylic acid groups (broad SMARTS) is 1. The van der Waals surface area contributed by atoms with Gasteiger partial charge >= 0.3 is 12.0 Å². The number of amides is 2. The van der Waals surface area contributed by atoms with E-state index in [1.807, 2.05) is 19.1 Å². The van der Waals surface area contributed by atoms with Gasteiger partial charge in [-0.2, -0.15) is 0 Å². The molecule has 6 nitrogen and oxygen atoms in total. The van der Waals surface area contributed by atoms with Crippen molar-refractivity contribution in [2.75, 3.05) is 7.05 Å². The van der Waals surface area contributed by atoms with Crippen LogP contribution >= 0.6 is 0 Å². The molecular formula is C14H21N3O3. The average Bonchev–Trinajstić information content (AvgIpc) is 2.44. The van der Waals surface area contributed by atoms with Gasteiger partial charge in [-0.1, -0.05) is 26.3 Å². The van der Waals surface area contributed by atoms with Crippen molar-refractivity contribution in [2.24, 2.45) is 5.92 Å². The molecule has 1 heterocycles. The summed E-state index contributed by atoms with van der Waals surface area (Å²) in [6, 6.07) is 4.16. The van der Waals surface area contributed by atoms with E-state index in [0.717, 1.165) is 5.69 Å². The maximum absolute atomic E-state index is 12.0. The first-order valence-corrected chi connectivity index (χ1v) is 6.60. The molecule has 0 radical (unpaired) electrons. The number of carbonyl (C=O) groups is 2. The first-order valence-electron chi connectivity index (χ1n) is 6.60. The fraction of sp³-hybridized carbons (Fsp3) is 0.500. The maximum atomic E-state index is 12.0. The van der Waals surface area contributed by atoms with Gasteiger partial charge in [-0.15, -0.1) is 0 Å². The molecule has 2 amide bonds. The van der Waals surface area contributed by atoms with E-state index in [1.54, 1.807) is 26.2 Å². The molecule has 2 N–H and O–H groups in total. The first-order chi connectivity index (χ1) is 9.45. The Morgan fingerprint density at radius 2 is 2.15 bits per heavy atom. The summed E-state index contributed by atoms with van der Waals surface area (Å²) < 4.78 is 0. The third kappa shape index (κ3) is 4.53. The molecule has 0 aliphatic carbocycles. The largest absolute Gasteiger partial charge is 0.480 e. The molecule has 0 bridgehead atoms. The van der Waals surface area contributed by atoms with E-state index in [2.05, 4.69) is 10.3 Å². The normalized spacial score (nSPS) is 13.3. The molecule has 0 saturated carbocycles. The van der Waals surface area contributed by atoms with Gasteiger partial charge in [-0.25, -0.2) is 9.59 Å². The van der Waals surface area contributed by atoms with Gasteiger partial charge in [0.05, 0.1) is 12.2 Å². The van der Waals surface area contributed by atoms with Gasteiger partial charge in [0.25, 0.3) is 0 Å². The number of rotatable bonds is 6. The number of nitrogens with zero attached hydrogens (tertiary/aromatic N) is 2. The first kappa shape index (κ1) is 15.9. The molecule has 0 aliphatic rings. The zero-order chi connectivity index (χ0) is 15.1. The Balaban J connectivity index is 2.62. The van der Waals surface area contributed by atoms with Gasteiger partial charge < -0.3 is 15.3 Å². The number of aromatic nitrogens is 1. The third-order valence-corrected chi connectivity index (χ3v) is 3.23. The van der Waals surface area contributed by atoms with Crippen molar-refractivity contribution in [2.45, 2.75) is 32.9 Å². The lowest BCUT2D eigenvalue weighted by molar-refractivity contribution is -0.140. The summed E-state index contributed by atoms with van der Waals surface area (Å²) >= 11 is 0. The smallest absolute Gasteiger partial charge is 0.326 e. The van der Waals surface area contributed by atoms with E-state index in [1.165, 1.54) is 4.90 Å². The summed E-state index contributed by atoms with van der Waals surface area (Å²) in [5.74, 6) is -1.14. The summed E-state index contributed by atoms with van der Waals surface area (Å²) in [7, 11) is 1.61. The number of hydrogen-bond donors (Lipinski definition) is 2. The minimum Gasteiger partial charge on any atom is -0.480 e. The van der Waals surface area contributed by atoms with Crippen molar-refractivity contribution in [3.63, 3.8) is 0 Å². The molecule has 2 atom stereocenters. The molecule has 1 aromatic rings. The standard InChI is InChI=1S/C14H21N3O3/c1-4-10(2)12(13(18)19)16-14(20)17(3)9-11-7-5-6-8-15-11/h5-8,10,12H,4,9H2,1-3H3,(H,16,20)(H,18,19)/t10?,12-/m0/s1. The summed E-state index contributed by atoms with van der Waals surface area (Å²) in [4.78, 5) is 28.7. The summed E-state index contributed by atoms with van der Waals surface area (Å²) in [6.45, 7) is 4.03. The molecule has 0 fully saturated rings. The van der Waals surface area contributed by atoms with Crippen LogP contribution in [0, 0.1) is 5.92 Å². The van der Waals surface area contributed by atoms with Crippen molar-refractivity contribution in [3.8, 4) is 0 Å². The second-order valence-electron chi connectivity index (χ2n) is 4.83. The number of aliphatic carboxylic acids is 1. The van der Waals surface area contributed by atoms with E-state index >= 15 is 0 Å². The fourth-order valence-corrected chi connectivity index (χ4v) is 1.73. The molecule has 110 valence electrons. The van der Waals surface area contributed by atoms with E-state index in [9.17, 15) is 9.59 Å². The van der Waals surface area contributed by atoms with Crippen LogP contribution in [0.5, 0.6) is 0 Å².